The molecule has 0 aliphatic carbocycles. The van der Waals surface area contributed by atoms with Gasteiger partial charge < -0.3 is 14.8 Å². The Bertz CT molecular complexity index is 397. The van der Waals surface area contributed by atoms with Gasteiger partial charge in [0.2, 0.25) is 0 Å². The molecule has 4 heteroatoms. The Morgan fingerprint density at radius 2 is 2.33 bits per heavy atom. The van der Waals surface area contributed by atoms with Crippen molar-refractivity contribution in [3.63, 3.8) is 0 Å². The second-order valence-corrected chi connectivity index (χ2v) is 5.45. The highest BCUT2D eigenvalue weighted by molar-refractivity contribution is 9.10. The minimum Gasteiger partial charge on any atom is -0.496 e. The highest BCUT2D eigenvalue weighted by atomic mass is 79.9. The molecule has 0 saturated carbocycles. The fourth-order valence-electron chi connectivity index (χ4n) is 2.44. The van der Waals surface area contributed by atoms with E-state index in [1.165, 1.54) is 0 Å². The van der Waals surface area contributed by atoms with E-state index in [1.807, 2.05) is 12.1 Å². The first-order chi connectivity index (χ1) is 8.76. The van der Waals surface area contributed by atoms with Crippen LogP contribution in [0.5, 0.6) is 5.75 Å². The van der Waals surface area contributed by atoms with Gasteiger partial charge in [-0.3, -0.25) is 0 Å². The quantitative estimate of drug-likeness (QED) is 0.906. The van der Waals surface area contributed by atoms with Gasteiger partial charge in [-0.05, 0) is 31.2 Å². The van der Waals surface area contributed by atoms with E-state index in [9.17, 15) is 0 Å². The second-order valence-electron chi connectivity index (χ2n) is 4.53. The predicted octanol–water partition coefficient (Wildman–Crippen LogP) is 3.14. The molecule has 0 radical (unpaired) electrons. The van der Waals surface area contributed by atoms with Crippen LogP contribution >= 0.6 is 15.9 Å². The van der Waals surface area contributed by atoms with Crippen LogP contribution in [0.15, 0.2) is 22.7 Å². The number of rotatable bonds is 5. The van der Waals surface area contributed by atoms with Gasteiger partial charge in [0, 0.05) is 29.1 Å². The van der Waals surface area contributed by atoms with Crippen LogP contribution in [0.3, 0.4) is 0 Å². The summed E-state index contributed by atoms with van der Waals surface area (Å²) >= 11 is 3.52. The molecule has 1 fully saturated rings. The zero-order chi connectivity index (χ0) is 13.0. The van der Waals surface area contributed by atoms with Crippen molar-refractivity contribution in [2.75, 3.05) is 26.8 Å². The van der Waals surface area contributed by atoms with Crippen molar-refractivity contribution in [3.8, 4) is 5.75 Å². The topological polar surface area (TPSA) is 30.5 Å². The van der Waals surface area contributed by atoms with E-state index in [4.69, 9.17) is 9.47 Å². The number of benzene rings is 1. The number of halogens is 1. The third kappa shape index (κ3) is 3.05. The number of methoxy groups -OCH3 is 1. The summed E-state index contributed by atoms with van der Waals surface area (Å²) in [7, 11) is 1.71. The van der Waals surface area contributed by atoms with E-state index >= 15 is 0 Å². The van der Waals surface area contributed by atoms with E-state index in [2.05, 4.69) is 34.2 Å². The zero-order valence-corrected chi connectivity index (χ0v) is 12.5. The maximum absolute atomic E-state index is 5.91. The number of nitrogens with one attached hydrogen (secondary N) is 1. The summed E-state index contributed by atoms with van der Waals surface area (Å²) in [5.41, 5.74) is 1.15. The van der Waals surface area contributed by atoms with Gasteiger partial charge in [0.05, 0.1) is 13.2 Å². The van der Waals surface area contributed by atoms with Gasteiger partial charge in [-0.2, -0.15) is 0 Å². The molecule has 2 unspecified atom stereocenters. The molecule has 0 amide bonds. The molecule has 0 spiro atoms. The minimum atomic E-state index is 0.136. The molecule has 0 aromatic heterocycles. The molecule has 1 N–H and O–H groups in total. The van der Waals surface area contributed by atoms with Crippen LogP contribution in [0.1, 0.15) is 25.0 Å². The van der Waals surface area contributed by atoms with Crippen LogP contribution in [-0.4, -0.2) is 26.8 Å². The molecular formula is C14H20BrNO2. The molecule has 1 heterocycles. The lowest BCUT2D eigenvalue weighted by atomic mass is 9.94. The lowest BCUT2D eigenvalue weighted by Crippen LogP contribution is -2.24. The SMILES string of the molecule is CCNCC1CCOC1c1cc(Br)ccc1OC. The van der Waals surface area contributed by atoms with Crippen LogP contribution in [0.4, 0.5) is 0 Å². The van der Waals surface area contributed by atoms with Gasteiger partial charge in [-0.15, -0.1) is 0 Å². The standard InChI is InChI=1S/C14H20BrNO2/c1-3-16-9-10-6-7-18-14(10)12-8-11(15)4-5-13(12)17-2/h4-5,8,10,14,16H,3,6-7,9H2,1-2H3. The van der Waals surface area contributed by atoms with Gasteiger partial charge in [-0.25, -0.2) is 0 Å². The Labute approximate surface area is 117 Å². The third-order valence-electron chi connectivity index (χ3n) is 3.37. The van der Waals surface area contributed by atoms with Gasteiger partial charge in [0.1, 0.15) is 5.75 Å². The predicted molar refractivity (Wildman–Crippen MR) is 76.0 cm³/mol. The van der Waals surface area contributed by atoms with Gasteiger partial charge in [0.15, 0.2) is 0 Å². The molecule has 18 heavy (non-hydrogen) atoms. The van der Waals surface area contributed by atoms with Gasteiger partial charge >= 0.3 is 0 Å². The smallest absolute Gasteiger partial charge is 0.124 e. The first-order valence-corrected chi connectivity index (χ1v) is 7.21. The van der Waals surface area contributed by atoms with Crippen molar-refractivity contribution in [3.05, 3.63) is 28.2 Å². The first-order valence-electron chi connectivity index (χ1n) is 6.42. The lowest BCUT2D eigenvalue weighted by Gasteiger charge is -2.21. The van der Waals surface area contributed by atoms with Gasteiger partial charge in [0.25, 0.3) is 0 Å². The molecule has 1 saturated heterocycles. The molecule has 0 bridgehead atoms. The Kier molecular flexibility index (Phi) is 5.03. The molecule has 3 nitrogen and oxygen atoms in total. The number of hydrogen-bond donors (Lipinski definition) is 1. The number of ether oxygens (including phenoxy) is 2. The van der Waals surface area contributed by atoms with Crippen LogP contribution < -0.4 is 10.1 Å². The summed E-state index contributed by atoms with van der Waals surface area (Å²) in [5.74, 6) is 1.43. The average molecular weight is 314 g/mol. The summed E-state index contributed by atoms with van der Waals surface area (Å²) in [6.45, 7) is 4.95. The summed E-state index contributed by atoms with van der Waals surface area (Å²) in [6.07, 6.45) is 1.24. The van der Waals surface area contributed by atoms with Crippen molar-refractivity contribution >= 4 is 15.9 Å². The summed E-state index contributed by atoms with van der Waals surface area (Å²) < 4.78 is 12.4. The van der Waals surface area contributed by atoms with E-state index in [-0.39, 0.29) is 6.10 Å². The Hall–Kier alpha value is -0.580. The minimum absolute atomic E-state index is 0.136. The molecule has 1 aromatic carbocycles. The van der Waals surface area contributed by atoms with Crippen LogP contribution in [-0.2, 0) is 4.74 Å². The largest absolute Gasteiger partial charge is 0.496 e. The fourth-order valence-corrected chi connectivity index (χ4v) is 2.82. The Morgan fingerprint density at radius 1 is 1.50 bits per heavy atom. The lowest BCUT2D eigenvalue weighted by molar-refractivity contribution is 0.0883. The van der Waals surface area contributed by atoms with Crippen molar-refractivity contribution in [2.45, 2.75) is 19.4 Å². The van der Waals surface area contributed by atoms with E-state index in [1.54, 1.807) is 7.11 Å². The molecule has 1 aromatic rings. The van der Waals surface area contributed by atoms with Crippen molar-refractivity contribution in [2.24, 2.45) is 5.92 Å². The normalized spacial score (nSPS) is 23.3. The summed E-state index contributed by atoms with van der Waals surface area (Å²) in [5, 5.41) is 3.41. The molecule has 1 aliphatic rings. The highest BCUT2D eigenvalue weighted by Gasteiger charge is 2.31. The van der Waals surface area contributed by atoms with E-state index < -0.39 is 0 Å². The Morgan fingerprint density at radius 3 is 3.06 bits per heavy atom. The zero-order valence-electron chi connectivity index (χ0n) is 10.9. The maximum atomic E-state index is 5.91. The van der Waals surface area contributed by atoms with E-state index in [0.717, 1.165) is 41.9 Å². The van der Waals surface area contributed by atoms with Crippen LogP contribution in [0, 0.1) is 5.92 Å². The van der Waals surface area contributed by atoms with Crippen molar-refractivity contribution in [1.82, 2.24) is 5.32 Å². The maximum Gasteiger partial charge on any atom is 0.124 e. The van der Waals surface area contributed by atoms with Crippen molar-refractivity contribution in [1.29, 1.82) is 0 Å². The average Bonchev–Trinajstić information content (AvgIpc) is 2.84. The number of hydrogen-bond acceptors (Lipinski definition) is 3. The third-order valence-corrected chi connectivity index (χ3v) is 3.86. The van der Waals surface area contributed by atoms with Gasteiger partial charge in [-0.1, -0.05) is 22.9 Å². The van der Waals surface area contributed by atoms with E-state index in [0.29, 0.717) is 5.92 Å². The monoisotopic (exact) mass is 313 g/mol. The Balaban J connectivity index is 2.20. The first kappa shape index (κ1) is 13.8. The van der Waals surface area contributed by atoms with Crippen LogP contribution in [0.25, 0.3) is 0 Å². The summed E-state index contributed by atoms with van der Waals surface area (Å²) in [6, 6.07) is 6.09. The van der Waals surface area contributed by atoms with Crippen molar-refractivity contribution < 1.29 is 9.47 Å². The molecule has 2 rings (SSSR count). The fraction of sp³-hybridized carbons (Fsp3) is 0.571. The summed E-state index contributed by atoms with van der Waals surface area (Å²) in [4.78, 5) is 0. The highest BCUT2D eigenvalue weighted by Crippen LogP contribution is 2.39. The second kappa shape index (κ2) is 6.55. The molecule has 2 atom stereocenters. The molecular weight excluding hydrogens is 294 g/mol. The molecule has 100 valence electrons. The molecule has 1 aliphatic heterocycles. The van der Waals surface area contributed by atoms with Crippen LogP contribution in [0.2, 0.25) is 0 Å².